The van der Waals surface area contributed by atoms with Gasteiger partial charge in [-0.25, -0.2) is 4.79 Å². The van der Waals surface area contributed by atoms with Crippen molar-refractivity contribution < 1.29 is 19.0 Å². The zero-order valence-electron chi connectivity index (χ0n) is 13.0. The number of methoxy groups -OCH3 is 2. The van der Waals surface area contributed by atoms with Crippen molar-refractivity contribution in [3.05, 3.63) is 64.7 Å². The smallest absolute Gasteiger partial charge is 0.338 e. The summed E-state index contributed by atoms with van der Waals surface area (Å²) < 4.78 is 15.5. The molecule has 0 atom stereocenters. The fourth-order valence-corrected chi connectivity index (χ4v) is 2.51. The Hall–Kier alpha value is -2.50. The predicted molar refractivity (Wildman–Crippen MR) is 86.0 cm³/mol. The quantitative estimate of drug-likeness (QED) is 0.482. The van der Waals surface area contributed by atoms with E-state index in [9.17, 15) is 4.79 Å². The molecule has 1 heterocycles. The minimum absolute atomic E-state index is 0.282. The van der Waals surface area contributed by atoms with Gasteiger partial charge in [0.05, 0.1) is 11.3 Å². The first-order valence-corrected chi connectivity index (χ1v) is 7.21. The molecule has 3 rings (SSSR count). The van der Waals surface area contributed by atoms with Crippen LogP contribution in [0.2, 0.25) is 0 Å². The van der Waals surface area contributed by atoms with Gasteiger partial charge in [0.1, 0.15) is 6.61 Å². The molecule has 0 unspecified atom stereocenters. The van der Waals surface area contributed by atoms with E-state index in [4.69, 9.17) is 14.2 Å². The van der Waals surface area contributed by atoms with Gasteiger partial charge in [-0.15, -0.1) is 0 Å². The molecule has 0 saturated heterocycles. The van der Waals surface area contributed by atoms with Crippen LogP contribution in [0.1, 0.15) is 33.3 Å². The summed E-state index contributed by atoms with van der Waals surface area (Å²) >= 11 is 0. The molecule has 2 aromatic carbocycles. The number of nitrogens with zero attached hydrogens (tertiary/aromatic N) is 1. The number of cyclic esters (lactones) is 1. The fraction of sp³-hybridized carbons (Fsp3) is 0.222. The molecular weight excluding hydrogens is 294 g/mol. The summed E-state index contributed by atoms with van der Waals surface area (Å²) in [6.07, 6.45) is 1.39. The van der Waals surface area contributed by atoms with E-state index in [2.05, 4.69) is 4.99 Å². The normalized spacial score (nSPS) is 13.6. The second-order valence-electron chi connectivity index (χ2n) is 5.11. The molecule has 0 aliphatic carbocycles. The van der Waals surface area contributed by atoms with Crippen LogP contribution in [0.4, 0.5) is 5.69 Å². The lowest BCUT2D eigenvalue weighted by Crippen LogP contribution is -2.03. The topological polar surface area (TPSA) is 57.1 Å². The van der Waals surface area contributed by atoms with E-state index in [-0.39, 0.29) is 18.9 Å². The number of rotatable bonds is 5. The van der Waals surface area contributed by atoms with Gasteiger partial charge in [-0.05, 0) is 17.7 Å². The summed E-state index contributed by atoms with van der Waals surface area (Å²) in [5, 5.41) is 0. The van der Waals surface area contributed by atoms with Crippen LogP contribution >= 0.6 is 0 Å². The number of benzene rings is 2. The largest absolute Gasteiger partial charge is 0.457 e. The van der Waals surface area contributed by atoms with Gasteiger partial charge < -0.3 is 14.2 Å². The van der Waals surface area contributed by atoms with E-state index in [1.165, 1.54) is 0 Å². The standard InChI is InChI=1S/C18H17NO4/c1-21-18(22-2)13-8-6-12(7-9-13)10-19-16-5-3-4-14-15(16)11-23-17(14)20/h3-10,18H,11H2,1-2H3. The van der Waals surface area contributed by atoms with Gasteiger partial charge in [0.2, 0.25) is 0 Å². The fourth-order valence-electron chi connectivity index (χ4n) is 2.51. The van der Waals surface area contributed by atoms with Gasteiger partial charge in [-0.3, -0.25) is 4.99 Å². The zero-order valence-corrected chi connectivity index (χ0v) is 13.0. The predicted octanol–water partition coefficient (Wildman–Crippen LogP) is 3.40. The lowest BCUT2D eigenvalue weighted by atomic mass is 10.1. The Kier molecular flexibility index (Phi) is 4.50. The molecule has 23 heavy (non-hydrogen) atoms. The highest BCUT2D eigenvalue weighted by Crippen LogP contribution is 2.29. The summed E-state index contributed by atoms with van der Waals surface area (Å²) in [5.41, 5.74) is 4.07. The van der Waals surface area contributed by atoms with E-state index in [1.54, 1.807) is 26.5 Å². The number of fused-ring (bicyclic) bond motifs is 1. The lowest BCUT2D eigenvalue weighted by molar-refractivity contribution is -0.106. The van der Waals surface area contributed by atoms with Crippen LogP contribution in [-0.4, -0.2) is 26.4 Å². The molecule has 0 aromatic heterocycles. The molecule has 5 nitrogen and oxygen atoms in total. The van der Waals surface area contributed by atoms with E-state index in [1.807, 2.05) is 36.4 Å². The van der Waals surface area contributed by atoms with Gasteiger partial charge in [-0.1, -0.05) is 30.3 Å². The molecule has 0 radical (unpaired) electrons. The molecule has 5 heteroatoms. The molecule has 1 aliphatic rings. The van der Waals surface area contributed by atoms with Crippen LogP contribution in [-0.2, 0) is 20.8 Å². The third-order valence-electron chi connectivity index (χ3n) is 3.71. The molecule has 0 saturated carbocycles. The maximum atomic E-state index is 11.6. The van der Waals surface area contributed by atoms with Crippen LogP contribution in [0.25, 0.3) is 0 Å². The van der Waals surface area contributed by atoms with Crippen molar-refractivity contribution in [2.24, 2.45) is 4.99 Å². The minimum atomic E-state index is -0.374. The highest BCUT2D eigenvalue weighted by atomic mass is 16.7. The molecule has 0 N–H and O–H groups in total. The summed E-state index contributed by atoms with van der Waals surface area (Å²) in [5.74, 6) is -0.286. The SMILES string of the molecule is COC(OC)c1ccc(C=Nc2cccc3c2COC3=O)cc1. The number of carbonyl (C=O) groups excluding carboxylic acids is 1. The highest BCUT2D eigenvalue weighted by Gasteiger charge is 2.23. The molecular formula is C18H17NO4. The maximum Gasteiger partial charge on any atom is 0.338 e. The minimum Gasteiger partial charge on any atom is -0.457 e. The van der Waals surface area contributed by atoms with Crippen molar-refractivity contribution in [2.75, 3.05) is 14.2 Å². The monoisotopic (exact) mass is 311 g/mol. The van der Waals surface area contributed by atoms with Crippen LogP contribution in [0.3, 0.4) is 0 Å². The third-order valence-corrected chi connectivity index (χ3v) is 3.71. The average Bonchev–Trinajstić information content (AvgIpc) is 2.97. The Morgan fingerprint density at radius 2 is 1.87 bits per heavy atom. The van der Waals surface area contributed by atoms with Gasteiger partial charge in [0, 0.05) is 31.6 Å². The Labute approximate surface area is 134 Å². The Morgan fingerprint density at radius 3 is 2.57 bits per heavy atom. The van der Waals surface area contributed by atoms with E-state index in [0.29, 0.717) is 5.56 Å². The maximum absolute atomic E-state index is 11.6. The summed E-state index contributed by atoms with van der Waals surface area (Å²) in [6, 6.07) is 13.2. The first-order valence-electron chi connectivity index (χ1n) is 7.21. The van der Waals surface area contributed by atoms with Crippen LogP contribution in [0.15, 0.2) is 47.5 Å². The zero-order chi connectivity index (χ0) is 16.2. The number of ether oxygens (including phenoxy) is 3. The van der Waals surface area contributed by atoms with Crippen molar-refractivity contribution in [1.29, 1.82) is 0 Å². The molecule has 0 fully saturated rings. The van der Waals surface area contributed by atoms with Crippen molar-refractivity contribution in [3.8, 4) is 0 Å². The van der Waals surface area contributed by atoms with Crippen LogP contribution in [0.5, 0.6) is 0 Å². The van der Waals surface area contributed by atoms with Crippen LogP contribution < -0.4 is 0 Å². The Balaban J connectivity index is 1.80. The first-order chi connectivity index (χ1) is 11.2. The molecule has 0 amide bonds. The summed E-state index contributed by atoms with van der Waals surface area (Å²) in [4.78, 5) is 16.0. The molecule has 1 aliphatic heterocycles. The Morgan fingerprint density at radius 1 is 1.13 bits per heavy atom. The molecule has 118 valence electrons. The van der Waals surface area contributed by atoms with E-state index >= 15 is 0 Å². The number of aliphatic imine (C=N–C) groups is 1. The van der Waals surface area contributed by atoms with Crippen molar-refractivity contribution >= 4 is 17.9 Å². The summed E-state index contributed by atoms with van der Waals surface area (Å²) in [7, 11) is 3.20. The van der Waals surface area contributed by atoms with Gasteiger partial charge >= 0.3 is 5.97 Å². The lowest BCUT2D eigenvalue weighted by Gasteiger charge is -2.13. The van der Waals surface area contributed by atoms with Crippen molar-refractivity contribution in [3.63, 3.8) is 0 Å². The van der Waals surface area contributed by atoms with Crippen molar-refractivity contribution in [2.45, 2.75) is 12.9 Å². The van der Waals surface area contributed by atoms with Gasteiger partial charge in [0.25, 0.3) is 0 Å². The summed E-state index contributed by atoms with van der Waals surface area (Å²) in [6.45, 7) is 0.282. The highest BCUT2D eigenvalue weighted by molar-refractivity contribution is 5.95. The molecule has 2 aromatic rings. The third kappa shape index (κ3) is 3.16. The average molecular weight is 311 g/mol. The number of esters is 1. The second-order valence-corrected chi connectivity index (χ2v) is 5.11. The van der Waals surface area contributed by atoms with E-state index in [0.717, 1.165) is 22.4 Å². The number of hydrogen-bond acceptors (Lipinski definition) is 5. The Bertz CT molecular complexity index is 733. The molecule has 0 bridgehead atoms. The van der Waals surface area contributed by atoms with Gasteiger partial charge in [0.15, 0.2) is 6.29 Å². The second kappa shape index (κ2) is 6.73. The van der Waals surface area contributed by atoms with Crippen LogP contribution in [0, 0.1) is 0 Å². The van der Waals surface area contributed by atoms with E-state index < -0.39 is 0 Å². The number of carbonyl (C=O) groups is 1. The number of hydrogen-bond donors (Lipinski definition) is 0. The van der Waals surface area contributed by atoms with Crippen molar-refractivity contribution in [1.82, 2.24) is 0 Å². The first kappa shape index (κ1) is 15.4. The van der Waals surface area contributed by atoms with Gasteiger partial charge in [-0.2, -0.15) is 0 Å². The molecule has 0 spiro atoms.